The van der Waals surface area contributed by atoms with Gasteiger partial charge in [0.15, 0.2) is 0 Å². The molecule has 0 N–H and O–H groups in total. The molecule has 0 amide bonds. The van der Waals surface area contributed by atoms with Crippen molar-refractivity contribution < 1.29 is 19.6 Å². The summed E-state index contributed by atoms with van der Waals surface area (Å²) in [5, 5.41) is 0. The molecular formula is C24H50O4. The summed E-state index contributed by atoms with van der Waals surface area (Å²) in [6.45, 7) is 29.7. The third-order valence-corrected chi connectivity index (χ3v) is 4.32. The molecule has 0 aromatic carbocycles. The SMILES string of the molecule is CC(C)(CCC(C)(C)CC(C)(C)OOC(C)(C)C)CC(C)(C)OOC(C)(C)C. The minimum atomic E-state index is -0.330. The highest BCUT2D eigenvalue weighted by atomic mass is 17.2. The molecule has 4 heteroatoms. The van der Waals surface area contributed by atoms with E-state index in [4.69, 9.17) is 19.6 Å². The zero-order valence-corrected chi connectivity index (χ0v) is 21.5. The fourth-order valence-electron chi connectivity index (χ4n) is 3.69. The van der Waals surface area contributed by atoms with E-state index in [0.29, 0.717) is 0 Å². The lowest BCUT2D eigenvalue weighted by atomic mass is 9.71. The predicted octanol–water partition coefficient (Wildman–Crippen LogP) is 7.65. The van der Waals surface area contributed by atoms with Gasteiger partial charge in [-0.3, -0.25) is 0 Å². The summed E-state index contributed by atoms with van der Waals surface area (Å²) in [4.78, 5) is 22.7. The van der Waals surface area contributed by atoms with Crippen LogP contribution < -0.4 is 0 Å². The number of rotatable bonds is 11. The molecule has 0 aliphatic rings. The van der Waals surface area contributed by atoms with Crippen molar-refractivity contribution >= 4 is 0 Å². The Bertz CT molecular complexity index is 418. The van der Waals surface area contributed by atoms with E-state index in [2.05, 4.69) is 55.4 Å². The summed E-state index contributed by atoms with van der Waals surface area (Å²) in [7, 11) is 0. The van der Waals surface area contributed by atoms with Crippen molar-refractivity contribution in [2.24, 2.45) is 10.8 Å². The molecule has 0 radical (unpaired) electrons. The van der Waals surface area contributed by atoms with Crippen LogP contribution in [0.1, 0.15) is 123 Å². The van der Waals surface area contributed by atoms with Crippen LogP contribution in [0.2, 0.25) is 0 Å². The first kappa shape index (κ1) is 27.8. The highest BCUT2D eigenvalue weighted by Gasteiger charge is 2.36. The zero-order valence-electron chi connectivity index (χ0n) is 21.5. The van der Waals surface area contributed by atoms with Crippen LogP contribution in [0.4, 0.5) is 0 Å². The van der Waals surface area contributed by atoms with Crippen LogP contribution >= 0.6 is 0 Å². The Balaban J connectivity index is 4.72. The average Bonchev–Trinajstić information content (AvgIpc) is 2.38. The summed E-state index contributed by atoms with van der Waals surface area (Å²) in [5.41, 5.74) is -0.966. The van der Waals surface area contributed by atoms with E-state index in [1.165, 1.54) is 0 Å². The molecule has 0 atom stereocenters. The molecule has 0 unspecified atom stereocenters. The minimum absolute atomic E-state index is 0.148. The van der Waals surface area contributed by atoms with Crippen LogP contribution in [0.15, 0.2) is 0 Å². The highest BCUT2D eigenvalue weighted by molar-refractivity contribution is 4.85. The fourth-order valence-corrected chi connectivity index (χ4v) is 3.69. The molecule has 0 rings (SSSR count). The van der Waals surface area contributed by atoms with Crippen molar-refractivity contribution in [3.8, 4) is 0 Å². The van der Waals surface area contributed by atoms with Gasteiger partial charge in [-0.05, 0) is 106 Å². The van der Waals surface area contributed by atoms with Gasteiger partial charge in [-0.15, -0.1) is 0 Å². The van der Waals surface area contributed by atoms with Crippen LogP contribution in [-0.4, -0.2) is 22.4 Å². The maximum Gasteiger partial charge on any atom is 0.0985 e. The Morgan fingerprint density at radius 1 is 0.393 bits per heavy atom. The normalized spacial score (nSPS) is 15.2. The van der Waals surface area contributed by atoms with Gasteiger partial charge in [-0.1, -0.05) is 27.7 Å². The van der Waals surface area contributed by atoms with Gasteiger partial charge in [-0.2, -0.15) is 0 Å². The van der Waals surface area contributed by atoms with Gasteiger partial charge in [0, 0.05) is 0 Å². The Kier molecular flexibility index (Phi) is 9.27. The lowest BCUT2D eigenvalue weighted by molar-refractivity contribution is -0.401. The second kappa shape index (κ2) is 9.32. The van der Waals surface area contributed by atoms with E-state index in [1.807, 2.05) is 41.5 Å². The maximum atomic E-state index is 5.77. The third-order valence-electron chi connectivity index (χ3n) is 4.32. The van der Waals surface area contributed by atoms with E-state index in [9.17, 15) is 0 Å². The Morgan fingerprint density at radius 3 is 0.857 bits per heavy atom. The van der Waals surface area contributed by atoms with Gasteiger partial charge < -0.3 is 0 Å². The summed E-state index contributed by atoms with van der Waals surface area (Å²) < 4.78 is 0. The second-order valence-electron chi connectivity index (χ2n) is 13.3. The van der Waals surface area contributed by atoms with Crippen LogP contribution in [-0.2, 0) is 19.6 Å². The van der Waals surface area contributed by atoms with Gasteiger partial charge in [0.1, 0.15) is 0 Å². The third kappa shape index (κ3) is 14.8. The molecular weight excluding hydrogens is 352 g/mol. The van der Waals surface area contributed by atoms with Gasteiger partial charge in [-0.25, -0.2) is 19.6 Å². The topological polar surface area (TPSA) is 36.9 Å². The fraction of sp³-hybridized carbons (Fsp3) is 1.00. The Labute approximate surface area is 175 Å². The van der Waals surface area contributed by atoms with Crippen molar-refractivity contribution in [1.82, 2.24) is 0 Å². The number of hydrogen-bond acceptors (Lipinski definition) is 4. The summed E-state index contributed by atoms with van der Waals surface area (Å²) in [5.74, 6) is 0. The monoisotopic (exact) mass is 402 g/mol. The van der Waals surface area contributed by atoms with Crippen molar-refractivity contribution in [2.75, 3.05) is 0 Å². The second-order valence-corrected chi connectivity index (χ2v) is 13.3. The average molecular weight is 403 g/mol. The standard InChI is InChI=1S/C24H50O4/c1-19(2,3)25-27-23(11,12)17-21(7,8)15-16-22(9,10)18-24(13,14)28-26-20(4,5)6/h15-18H2,1-14H3. The Hall–Kier alpha value is -0.160. The smallest absolute Gasteiger partial charge is 0.0985 e. The van der Waals surface area contributed by atoms with Crippen LogP contribution in [0.25, 0.3) is 0 Å². The van der Waals surface area contributed by atoms with E-state index in [0.717, 1.165) is 25.7 Å². The predicted molar refractivity (Wildman–Crippen MR) is 118 cm³/mol. The molecule has 0 aromatic rings. The molecule has 170 valence electrons. The summed E-state index contributed by atoms with van der Waals surface area (Å²) >= 11 is 0. The van der Waals surface area contributed by atoms with Crippen LogP contribution in [0.5, 0.6) is 0 Å². The van der Waals surface area contributed by atoms with Crippen LogP contribution in [0, 0.1) is 10.8 Å². The lowest BCUT2D eigenvalue weighted by Crippen LogP contribution is -2.37. The largest absolute Gasteiger partial charge is 0.230 e. The molecule has 0 aliphatic heterocycles. The highest BCUT2D eigenvalue weighted by Crippen LogP contribution is 2.41. The molecule has 0 bridgehead atoms. The first-order chi connectivity index (χ1) is 12.0. The first-order valence-electron chi connectivity index (χ1n) is 10.8. The molecule has 0 fully saturated rings. The molecule has 0 heterocycles. The van der Waals surface area contributed by atoms with Crippen molar-refractivity contribution in [1.29, 1.82) is 0 Å². The molecule has 0 aliphatic carbocycles. The lowest BCUT2D eigenvalue weighted by Gasteiger charge is -2.39. The quantitative estimate of drug-likeness (QED) is 0.263. The van der Waals surface area contributed by atoms with E-state index in [1.54, 1.807) is 0 Å². The minimum Gasteiger partial charge on any atom is -0.230 e. The zero-order chi connectivity index (χ0) is 22.7. The van der Waals surface area contributed by atoms with Gasteiger partial charge in [0.05, 0.1) is 22.4 Å². The van der Waals surface area contributed by atoms with E-state index < -0.39 is 0 Å². The molecule has 0 saturated carbocycles. The van der Waals surface area contributed by atoms with Crippen LogP contribution in [0.3, 0.4) is 0 Å². The maximum absolute atomic E-state index is 5.77. The van der Waals surface area contributed by atoms with Gasteiger partial charge in [0.25, 0.3) is 0 Å². The number of hydrogen-bond donors (Lipinski definition) is 0. The molecule has 4 nitrogen and oxygen atoms in total. The van der Waals surface area contributed by atoms with Crippen molar-refractivity contribution in [2.45, 2.75) is 145 Å². The molecule has 0 spiro atoms. The van der Waals surface area contributed by atoms with E-state index >= 15 is 0 Å². The molecule has 0 aromatic heterocycles. The van der Waals surface area contributed by atoms with Crippen molar-refractivity contribution in [3.05, 3.63) is 0 Å². The van der Waals surface area contributed by atoms with E-state index in [-0.39, 0.29) is 33.2 Å². The van der Waals surface area contributed by atoms with Gasteiger partial charge >= 0.3 is 0 Å². The molecule has 28 heavy (non-hydrogen) atoms. The van der Waals surface area contributed by atoms with Gasteiger partial charge in [0.2, 0.25) is 0 Å². The molecule has 0 saturated heterocycles. The summed E-state index contributed by atoms with van der Waals surface area (Å²) in [6, 6.07) is 0. The Morgan fingerprint density at radius 2 is 0.643 bits per heavy atom. The first-order valence-corrected chi connectivity index (χ1v) is 10.8. The van der Waals surface area contributed by atoms with Crippen molar-refractivity contribution in [3.63, 3.8) is 0 Å². The summed E-state index contributed by atoms with van der Waals surface area (Å²) in [6.07, 6.45) is 4.08.